The van der Waals surface area contributed by atoms with Crippen LogP contribution >= 0.6 is 11.8 Å². The van der Waals surface area contributed by atoms with Gasteiger partial charge in [-0.25, -0.2) is 14.9 Å². The first-order valence-electron chi connectivity index (χ1n) is 5.66. The van der Waals surface area contributed by atoms with E-state index in [0.717, 1.165) is 11.4 Å². The highest BCUT2D eigenvalue weighted by Crippen LogP contribution is 2.22. The lowest BCUT2D eigenvalue weighted by Crippen LogP contribution is -2.16. The second kappa shape index (κ2) is 5.72. The summed E-state index contributed by atoms with van der Waals surface area (Å²) in [7, 11) is 1.84. The van der Waals surface area contributed by atoms with Crippen LogP contribution in [0.5, 0.6) is 0 Å². The van der Waals surface area contributed by atoms with Crippen LogP contribution in [0.15, 0.2) is 28.3 Å². The van der Waals surface area contributed by atoms with Crippen LogP contribution in [0.2, 0.25) is 0 Å². The Morgan fingerprint density at radius 2 is 2.39 bits per heavy atom. The molecule has 0 bridgehead atoms. The summed E-state index contributed by atoms with van der Waals surface area (Å²) >= 11 is 1.52. The quantitative estimate of drug-likeness (QED) is 0.797. The number of aromatic amines is 1. The first kappa shape index (κ1) is 12.7. The Balaban J connectivity index is 2.14. The molecule has 96 valence electrons. The number of thioether (sulfide) groups is 1. The zero-order chi connectivity index (χ0) is 13.0. The molecule has 2 N–H and O–H groups in total. The van der Waals surface area contributed by atoms with Gasteiger partial charge in [0.2, 0.25) is 0 Å². The van der Waals surface area contributed by atoms with Crippen molar-refractivity contribution >= 4 is 17.6 Å². The van der Waals surface area contributed by atoms with E-state index in [1.54, 1.807) is 10.8 Å². The van der Waals surface area contributed by atoms with Crippen molar-refractivity contribution in [1.29, 1.82) is 0 Å². The minimum Gasteiger partial charge on any atom is -0.373 e. The zero-order valence-electron chi connectivity index (χ0n) is 10.3. The zero-order valence-corrected chi connectivity index (χ0v) is 11.1. The van der Waals surface area contributed by atoms with Crippen molar-refractivity contribution in [2.45, 2.75) is 24.4 Å². The van der Waals surface area contributed by atoms with Crippen molar-refractivity contribution in [3.8, 4) is 0 Å². The molecule has 6 nitrogen and oxygen atoms in total. The molecule has 0 radical (unpaired) electrons. The molecular formula is C11H15N5OS. The molecule has 0 saturated carbocycles. The molecule has 0 fully saturated rings. The van der Waals surface area contributed by atoms with Gasteiger partial charge in [0.25, 0.3) is 0 Å². The number of nitrogens with zero attached hydrogens (tertiary/aromatic N) is 3. The van der Waals surface area contributed by atoms with E-state index in [9.17, 15) is 4.79 Å². The first-order valence-corrected chi connectivity index (χ1v) is 6.64. The van der Waals surface area contributed by atoms with E-state index < -0.39 is 0 Å². The molecule has 2 aromatic heterocycles. The minimum absolute atomic E-state index is 0.167. The fourth-order valence-electron chi connectivity index (χ4n) is 1.61. The van der Waals surface area contributed by atoms with Gasteiger partial charge in [0.15, 0.2) is 5.16 Å². The number of aromatic nitrogens is 4. The summed E-state index contributed by atoms with van der Waals surface area (Å²) in [6, 6.07) is 3.90. The second-order valence-corrected chi connectivity index (χ2v) is 4.55. The number of hydrogen-bond donors (Lipinski definition) is 2. The Labute approximate surface area is 109 Å². The van der Waals surface area contributed by atoms with Crippen LogP contribution in [-0.4, -0.2) is 26.8 Å². The lowest BCUT2D eigenvalue weighted by molar-refractivity contribution is 0.660. The number of H-pyrrole nitrogens is 1. The van der Waals surface area contributed by atoms with E-state index in [1.165, 1.54) is 11.8 Å². The third-order valence-electron chi connectivity index (χ3n) is 2.52. The minimum atomic E-state index is -0.167. The predicted molar refractivity (Wildman–Crippen MR) is 71.9 cm³/mol. The van der Waals surface area contributed by atoms with Crippen LogP contribution in [0.4, 0.5) is 5.82 Å². The van der Waals surface area contributed by atoms with E-state index in [2.05, 4.69) is 20.5 Å². The molecule has 2 heterocycles. The number of pyridine rings is 1. The van der Waals surface area contributed by atoms with Crippen molar-refractivity contribution in [2.24, 2.45) is 0 Å². The van der Waals surface area contributed by atoms with E-state index in [-0.39, 0.29) is 5.69 Å². The normalized spacial score (nSPS) is 10.6. The molecule has 0 spiro atoms. The van der Waals surface area contributed by atoms with Gasteiger partial charge in [0, 0.05) is 31.1 Å². The van der Waals surface area contributed by atoms with Gasteiger partial charge in [-0.15, -0.1) is 5.10 Å². The maximum Gasteiger partial charge on any atom is 0.343 e. The maximum atomic E-state index is 11.4. The monoisotopic (exact) mass is 265 g/mol. The summed E-state index contributed by atoms with van der Waals surface area (Å²) < 4.78 is 1.61. The summed E-state index contributed by atoms with van der Waals surface area (Å²) in [5.74, 6) is 1.57. The largest absolute Gasteiger partial charge is 0.373 e. The molecule has 0 amide bonds. The highest BCUT2D eigenvalue weighted by Gasteiger charge is 2.09. The number of rotatable bonds is 5. The van der Waals surface area contributed by atoms with Crippen LogP contribution in [0, 0.1) is 0 Å². The Kier molecular flexibility index (Phi) is 4.03. The van der Waals surface area contributed by atoms with Gasteiger partial charge in [-0.2, -0.15) is 0 Å². The topological polar surface area (TPSA) is 75.6 Å². The van der Waals surface area contributed by atoms with Crippen molar-refractivity contribution in [3.63, 3.8) is 0 Å². The molecule has 2 rings (SSSR count). The van der Waals surface area contributed by atoms with Crippen LogP contribution in [0.25, 0.3) is 0 Å². The second-order valence-electron chi connectivity index (χ2n) is 3.61. The van der Waals surface area contributed by atoms with Crippen molar-refractivity contribution in [1.82, 2.24) is 19.7 Å². The highest BCUT2D eigenvalue weighted by molar-refractivity contribution is 7.98. The lowest BCUT2D eigenvalue weighted by Gasteiger charge is -2.07. The first-order chi connectivity index (χ1) is 8.76. The van der Waals surface area contributed by atoms with E-state index in [0.29, 0.717) is 17.5 Å². The average Bonchev–Trinajstić information content (AvgIpc) is 2.77. The van der Waals surface area contributed by atoms with Gasteiger partial charge >= 0.3 is 5.69 Å². The maximum absolute atomic E-state index is 11.4. The summed E-state index contributed by atoms with van der Waals surface area (Å²) in [5.41, 5.74) is 0.920. The molecule has 2 aromatic rings. The lowest BCUT2D eigenvalue weighted by atomic mass is 10.3. The molecule has 0 aliphatic rings. The van der Waals surface area contributed by atoms with Gasteiger partial charge in [-0.05, 0) is 13.0 Å². The van der Waals surface area contributed by atoms with Gasteiger partial charge in [-0.1, -0.05) is 17.8 Å². The van der Waals surface area contributed by atoms with Gasteiger partial charge in [0.05, 0.1) is 0 Å². The summed E-state index contributed by atoms with van der Waals surface area (Å²) in [4.78, 5) is 15.6. The Bertz CT molecular complexity index is 577. The third kappa shape index (κ3) is 2.56. The van der Waals surface area contributed by atoms with Gasteiger partial charge in [-0.3, -0.25) is 4.57 Å². The molecule has 0 saturated heterocycles. The van der Waals surface area contributed by atoms with Crippen molar-refractivity contribution in [3.05, 3.63) is 34.4 Å². The summed E-state index contributed by atoms with van der Waals surface area (Å²) in [5, 5.41) is 10.2. The van der Waals surface area contributed by atoms with Crippen LogP contribution in [0.1, 0.15) is 12.5 Å². The van der Waals surface area contributed by atoms with Crippen molar-refractivity contribution < 1.29 is 0 Å². The molecule has 7 heteroatoms. The molecule has 18 heavy (non-hydrogen) atoms. The SMILES string of the molecule is CCn1c(SCc2cccnc2NC)n[nH]c1=O. The molecule has 0 atom stereocenters. The van der Waals surface area contributed by atoms with Gasteiger partial charge < -0.3 is 5.32 Å². The Hall–Kier alpha value is -1.76. The fraction of sp³-hybridized carbons (Fsp3) is 0.364. The third-order valence-corrected chi connectivity index (χ3v) is 3.55. The molecular weight excluding hydrogens is 250 g/mol. The number of anilines is 1. The molecule has 0 aliphatic heterocycles. The average molecular weight is 265 g/mol. The molecule has 0 aromatic carbocycles. The smallest absolute Gasteiger partial charge is 0.343 e. The van der Waals surface area contributed by atoms with Crippen molar-refractivity contribution in [2.75, 3.05) is 12.4 Å². The van der Waals surface area contributed by atoms with Gasteiger partial charge in [0.1, 0.15) is 5.82 Å². The Morgan fingerprint density at radius 3 is 3.11 bits per heavy atom. The van der Waals surface area contributed by atoms with Crippen LogP contribution < -0.4 is 11.0 Å². The summed E-state index contributed by atoms with van der Waals surface area (Å²) in [6.07, 6.45) is 1.75. The fourth-order valence-corrected chi connectivity index (χ4v) is 2.61. The van der Waals surface area contributed by atoms with Crippen LogP contribution in [0.3, 0.4) is 0 Å². The summed E-state index contributed by atoms with van der Waals surface area (Å²) in [6.45, 7) is 2.54. The number of hydrogen-bond acceptors (Lipinski definition) is 5. The van der Waals surface area contributed by atoms with E-state index in [1.807, 2.05) is 26.1 Å². The van der Waals surface area contributed by atoms with E-state index >= 15 is 0 Å². The highest BCUT2D eigenvalue weighted by atomic mass is 32.2. The molecule has 0 unspecified atom stereocenters. The van der Waals surface area contributed by atoms with E-state index in [4.69, 9.17) is 0 Å². The molecule has 0 aliphatic carbocycles. The Morgan fingerprint density at radius 1 is 1.56 bits per heavy atom. The number of nitrogens with one attached hydrogen (secondary N) is 2. The predicted octanol–water partition coefficient (Wildman–Crippen LogP) is 1.32. The van der Waals surface area contributed by atoms with Crippen LogP contribution in [-0.2, 0) is 12.3 Å². The standard InChI is InChI=1S/C11H15N5OS/c1-3-16-10(17)14-15-11(16)18-7-8-5-4-6-13-9(8)12-2/h4-6H,3,7H2,1-2H3,(H,12,13)(H,14,17).